The van der Waals surface area contributed by atoms with Crippen molar-refractivity contribution < 1.29 is 18.0 Å². The molecule has 1 aliphatic carbocycles. The second-order valence-corrected chi connectivity index (χ2v) is 8.31. The smallest absolute Gasteiger partial charge is 0.349 e. The predicted octanol–water partition coefficient (Wildman–Crippen LogP) is 5.67. The molecular formula is C22H27ClF3N3O. The summed E-state index contributed by atoms with van der Waals surface area (Å²) in [6, 6.07) is 4.92. The highest BCUT2D eigenvalue weighted by atomic mass is 35.5. The molecular weight excluding hydrogens is 415 g/mol. The fourth-order valence-electron chi connectivity index (χ4n) is 4.00. The first kappa shape index (κ1) is 22.7. The molecule has 1 N–H and O–H groups in total. The monoisotopic (exact) mass is 441 g/mol. The maximum Gasteiger partial charge on any atom is 0.416 e. The summed E-state index contributed by atoms with van der Waals surface area (Å²) < 4.78 is 40.9. The highest BCUT2D eigenvalue weighted by Crippen LogP contribution is 2.32. The van der Waals surface area contributed by atoms with Crippen LogP contribution in [0, 0.1) is 5.92 Å². The van der Waals surface area contributed by atoms with E-state index >= 15 is 0 Å². The van der Waals surface area contributed by atoms with Gasteiger partial charge < -0.3 is 5.32 Å². The number of nitrogens with one attached hydrogen (secondary N) is 1. The van der Waals surface area contributed by atoms with Gasteiger partial charge in [-0.1, -0.05) is 25.4 Å². The van der Waals surface area contributed by atoms with Crippen LogP contribution in [0.15, 0.2) is 24.3 Å². The van der Waals surface area contributed by atoms with E-state index in [0.717, 1.165) is 69.0 Å². The van der Waals surface area contributed by atoms with Crippen molar-refractivity contribution in [1.82, 2.24) is 15.1 Å². The lowest BCUT2D eigenvalue weighted by Crippen LogP contribution is -2.38. The van der Waals surface area contributed by atoms with Gasteiger partial charge in [0, 0.05) is 18.3 Å². The number of alkyl halides is 3. The van der Waals surface area contributed by atoms with Gasteiger partial charge in [-0.05, 0) is 68.7 Å². The van der Waals surface area contributed by atoms with Crippen molar-refractivity contribution in [3.8, 4) is 0 Å². The Morgan fingerprint density at radius 1 is 1.17 bits per heavy atom. The molecule has 1 aromatic carbocycles. The predicted molar refractivity (Wildman–Crippen MR) is 111 cm³/mol. The summed E-state index contributed by atoms with van der Waals surface area (Å²) in [6.45, 7) is 5.08. The van der Waals surface area contributed by atoms with E-state index in [9.17, 15) is 18.0 Å². The molecule has 4 nitrogen and oxygen atoms in total. The lowest BCUT2D eigenvalue weighted by Gasteiger charge is -2.29. The third-order valence-corrected chi connectivity index (χ3v) is 6.12. The molecule has 0 spiro atoms. The van der Waals surface area contributed by atoms with Gasteiger partial charge >= 0.3 is 6.18 Å². The second kappa shape index (κ2) is 9.41. The Balaban J connectivity index is 1.57. The number of benzene rings is 1. The largest absolute Gasteiger partial charge is 0.416 e. The maximum absolute atomic E-state index is 12.9. The Hall–Kier alpha value is -2.02. The average molecular weight is 442 g/mol. The molecule has 0 saturated heterocycles. The van der Waals surface area contributed by atoms with E-state index < -0.39 is 17.6 Å². The van der Waals surface area contributed by atoms with Crippen LogP contribution in [0.3, 0.4) is 0 Å². The molecule has 0 aliphatic heterocycles. The molecule has 1 aromatic heterocycles. The number of aromatic nitrogens is 2. The van der Waals surface area contributed by atoms with E-state index in [0.29, 0.717) is 5.92 Å². The third-order valence-electron chi connectivity index (χ3n) is 5.79. The Kier molecular flexibility index (Phi) is 7.11. The van der Waals surface area contributed by atoms with Crippen molar-refractivity contribution in [1.29, 1.82) is 0 Å². The number of rotatable bonds is 6. The summed E-state index contributed by atoms with van der Waals surface area (Å²) >= 11 is 5.98. The van der Waals surface area contributed by atoms with E-state index in [1.807, 2.05) is 0 Å². The Bertz CT molecular complexity index is 886. The number of amides is 1. The first-order chi connectivity index (χ1) is 14.2. The van der Waals surface area contributed by atoms with Crippen LogP contribution in [0.5, 0.6) is 0 Å². The summed E-state index contributed by atoms with van der Waals surface area (Å²) in [6.07, 6.45) is 0.788. The number of nitrogens with zero attached hydrogens (tertiary/aromatic N) is 2. The van der Waals surface area contributed by atoms with Crippen molar-refractivity contribution in [3.63, 3.8) is 0 Å². The molecule has 1 amide bonds. The number of aryl methyl sites for hydroxylation is 2. The normalized spacial score (nSPS) is 19.7. The van der Waals surface area contributed by atoms with Crippen LogP contribution in [0.1, 0.15) is 66.8 Å². The summed E-state index contributed by atoms with van der Waals surface area (Å²) in [5, 5.41) is 7.56. The van der Waals surface area contributed by atoms with Crippen LogP contribution in [-0.2, 0) is 25.6 Å². The lowest BCUT2D eigenvalue weighted by molar-refractivity contribution is -0.137. The highest BCUT2D eigenvalue weighted by molar-refractivity contribution is 6.33. The molecule has 164 valence electrons. The van der Waals surface area contributed by atoms with Crippen LogP contribution in [0.4, 0.5) is 13.2 Å². The first-order valence-corrected chi connectivity index (χ1v) is 10.8. The minimum Gasteiger partial charge on any atom is -0.349 e. The average Bonchev–Trinajstić information content (AvgIpc) is 3.10. The number of carbonyl (C=O) groups excluding carboxylic acids is 1. The molecule has 1 aliphatic rings. The van der Waals surface area contributed by atoms with E-state index in [2.05, 4.69) is 35.0 Å². The van der Waals surface area contributed by atoms with Crippen LogP contribution in [0.2, 0.25) is 5.02 Å². The molecule has 8 heteroatoms. The Morgan fingerprint density at radius 2 is 1.87 bits per heavy atom. The van der Waals surface area contributed by atoms with Gasteiger partial charge in [-0.15, -0.1) is 0 Å². The van der Waals surface area contributed by atoms with Gasteiger partial charge in [0.15, 0.2) is 0 Å². The number of carbonyl (C=O) groups is 1. The molecule has 30 heavy (non-hydrogen) atoms. The number of hydrogen-bond donors (Lipinski definition) is 1. The van der Waals surface area contributed by atoms with Gasteiger partial charge in [0.05, 0.1) is 21.8 Å². The van der Waals surface area contributed by atoms with Gasteiger partial charge in [0.25, 0.3) is 5.91 Å². The fraction of sp³-hybridized carbons (Fsp3) is 0.545. The zero-order chi connectivity index (χ0) is 21.9. The van der Waals surface area contributed by atoms with E-state index in [1.165, 1.54) is 5.69 Å². The van der Waals surface area contributed by atoms with Gasteiger partial charge in [-0.25, -0.2) is 0 Å². The number of hydrogen-bond acceptors (Lipinski definition) is 2. The molecule has 0 unspecified atom stereocenters. The molecule has 0 bridgehead atoms. The molecule has 0 atom stereocenters. The van der Waals surface area contributed by atoms with E-state index in [1.54, 1.807) is 0 Å². The SMILES string of the molecule is CCc1cc(CC)n(C[C@H]2CC[C@H](NC(=O)c3cc(C(F)(F)F)ccc3Cl)CC2)n1. The molecule has 1 saturated carbocycles. The summed E-state index contributed by atoms with van der Waals surface area (Å²) in [5.41, 5.74) is 1.33. The van der Waals surface area contributed by atoms with Crippen molar-refractivity contribution in [2.75, 3.05) is 0 Å². The summed E-state index contributed by atoms with van der Waals surface area (Å²) in [5.74, 6) is -0.0762. The van der Waals surface area contributed by atoms with Crippen LogP contribution < -0.4 is 5.32 Å². The Morgan fingerprint density at radius 3 is 2.47 bits per heavy atom. The van der Waals surface area contributed by atoms with Crippen molar-refractivity contribution in [2.24, 2.45) is 5.92 Å². The standard InChI is InChI=1S/C22H27ClF3N3O/c1-3-16-12-18(4-2)29(28-16)13-14-5-8-17(9-6-14)27-21(30)19-11-15(22(24,25)26)7-10-20(19)23/h7,10-12,14,17H,3-6,8-9,13H2,1-2H3,(H,27,30)/t14-,17-. The second-order valence-electron chi connectivity index (χ2n) is 7.90. The van der Waals surface area contributed by atoms with Crippen molar-refractivity contribution >= 4 is 17.5 Å². The lowest BCUT2D eigenvalue weighted by atomic mass is 9.86. The van der Waals surface area contributed by atoms with Gasteiger partial charge in [0.2, 0.25) is 0 Å². The maximum atomic E-state index is 12.9. The molecule has 1 fully saturated rings. The topological polar surface area (TPSA) is 46.9 Å². The summed E-state index contributed by atoms with van der Waals surface area (Å²) in [4.78, 5) is 12.5. The van der Waals surface area contributed by atoms with Crippen molar-refractivity contribution in [2.45, 2.75) is 71.1 Å². The van der Waals surface area contributed by atoms with Crippen LogP contribution in [0.25, 0.3) is 0 Å². The van der Waals surface area contributed by atoms with Crippen LogP contribution in [-0.4, -0.2) is 21.7 Å². The fourth-order valence-corrected chi connectivity index (χ4v) is 4.21. The minimum absolute atomic E-state index is 0.0201. The van der Waals surface area contributed by atoms with E-state index in [4.69, 9.17) is 11.6 Å². The first-order valence-electron chi connectivity index (χ1n) is 10.4. The highest BCUT2D eigenvalue weighted by Gasteiger charge is 2.32. The molecule has 3 rings (SSSR count). The quantitative estimate of drug-likeness (QED) is 0.627. The van der Waals surface area contributed by atoms with Gasteiger partial charge in [-0.2, -0.15) is 18.3 Å². The molecule has 0 radical (unpaired) electrons. The van der Waals surface area contributed by atoms with E-state index in [-0.39, 0.29) is 16.6 Å². The minimum atomic E-state index is -4.51. The summed E-state index contributed by atoms with van der Waals surface area (Å²) in [7, 11) is 0. The zero-order valence-corrected chi connectivity index (χ0v) is 18.0. The van der Waals surface area contributed by atoms with Gasteiger partial charge in [-0.3, -0.25) is 9.48 Å². The molecule has 2 aromatic rings. The number of halogens is 4. The van der Waals surface area contributed by atoms with Crippen molar-refractivity contribution in [3.05, 3.63) is 51.8 Å². The Labute approximate surface area is 179 Å². The van der Waals surface area contributed by atoms with Gasteiger partial charge in [0.1, 0.15) is 0 Å². The van der Waals surface area contributed by atoms with Crippen LogP contribution >= 0.6 is 11.6 Å². The zero-order valence-electron chi connectivity index (χ0n) is 17.2. The third kappa shape index (κ3) is 5.36. The molecule has 1 heterocycles.